The predicted molar refractivity (Wildman–Crippen MR) is 71.3 cm³/mol. The molecule has 82 valence electrons. The maximum Gasteiger partial charge on any atom is 0.0237 e. The highest BCUT2D eigenvalue weighted by Gasteiger charge is 2.18. The van der Waals surface area contributed by atoms with Crippen molar-refractivity contribution >= 4 is 27.7 Å². The summed E-state index contributed by atoms with van der Waals surface area (Å²) in [4.78, 5) is 2.57. The molecule has 1 fully saturated rings. The van der Waals surface area contributed by atoms with E-state index >= 15 is 0 Å². The van der Waals surface area contributed by atoms with Crippen LogP contribution in [0.2, 0.25) is 0 Å². The molecule has 0 bridgehead atoms. The van der Waals surface area contributed by atoms with Crippen LogP contribution in [0.15, 0.2) is 28.7 Å². The van der Waals surface area contributed by atoms with E-state index in [0.29, 0.717) is 6.04 Å². The van der Waals surface area contributed by atoms with Crippen LogP contribution in [0.25, 0.3) is 0 Å². The van der Waals surface area contributed by atoms with E-state index in [-0.39, 0.29) is 0 Å². The number of hydrogen-bond donors (Lipinski definition) is 0. The van der Waals surface area contributed by atoms with E-state index in [2.05, 4.69) is 63.8 Å². The van der Waals surface area contributed by atoms with Gasteiger partial charge in [-0.1, -0.05) is 28.1 Å². The van der Waals surface area contributed by atoms with Gasteiger partial charge in [0.15, 0.2) is 0 Å². The van der Waals surface area contributed by atoms with Crippen LogP contribution in [-0.2, 0) is 6.54 Å². The molecule has 1 nitrogen and oxygen atoms in total. The average Bonchev–Trinajstić information content (AvgIpc) is 2.25. The van der Waals surface area contributed by atoms with E-state index in [0.717, 1.165) is 11.0 Å². The molecule has 1 heterocycles. The molecule has 0 saturated carbocycles. The molecule has 0 amide bonds. The summed E-state index contributed by atoms with van der Waals surface area (Å²) in [6.45, 7) is 4.64. The molecule has 1 unspecified atom stereocenters. The van der Waals surface area contributed by atoms with Crippen LogP contribution >= 0.6 is 27.7 Å². The van der Waals surface area contributed by atoms with Crippen molar-refractivity contribution in [1.29, 1.82) is 0 Å². The van der Waals surface area contributed by atoms with Gasteiger partial charge in [-0.05, 0) is 24.6 Å². The Kier molecular flexibility index (Phi) is 4.12. The molecule has 15 heavy (non-hydrogen) atoms. The Labute approximate surface area is 104 Å². The molecule has 1 aliphatic rings. The summed E-state index contributed by atoms with van der Waals surface area (Å²) in [5.41, 5.74) is 1.41. The predicted octanol–water partition coefficient (Wildman–Crippen LogP) is 3.39. The molecule has 0 aromatic heterocycles. The topological polar surface area (TPSA) is 3.24 Å². The lowest BCUT2D eigenvalue weighted by molar-refractivity contribution is 0.224. The minimum absolute atomic E-state index is 0.715. The van der Waals surface area contributed by atoms with Crippen molar-refractivity contribution in [3.63, 3.8) is 0 Å². The summed E-state index contributed by atoms with van der Waals surface area (Å²) >= 11 is 5.54. The van der Waals surface area contributed by atoms with Crippen molar-refractivity contribution < 1.29 is 0 Å². The van der Waals surface area contributed by atoms with Crippen LogP contribution in [-0.4, -0.2) is 29.0 Å². The van der Waals surface area contributed by atoms with Gasteiger partial charge in [-0.15, -0.1) is 0 Å². The minimum Gasteiger partial charge on any atom is -0.295 e. The Morgan fingerprint density at radius 2 is 2.13 bits per heavy atom. The lowest BCUT2D eigenvalue weighted by atomic mass is 10.2. The van der Waals surface area contributed by atoms with Crippen molar-refractivity contribution in [2.45, 2.75) is 19.5 Å². The second-order valence-corrected chi connectivity index (χ2v) is 6.09. The van der Waals surface area contributed by atoms with Crippen LogP contribution in [0.3, 0.4) is 0 Å². The number of benzene rings is 1. The van der Waals surface area contributed by atoms with Gasteiger partial charge in [-0.3, -0.25) is 4.90 Å². The Morgan fingerprint density at radius 1 is 1.40 bits per heavy atom. The van der Waals surface area contributed by atoms with E-state index in [1.165, 1.54) is 23.6 Å². The summed E-state index contributed by atoms with van der Waals surface area (Å²) < 4.78 is 1.16. The van der Waals surface area contributed by atoms with Crippen molar-refractivity contribution in [1.82, 2.24) is 4.90 Å². The van der Waals surface area contributed by atoms with Crippen molar-refractivity contribution in [2.75, 3.05) is 18.1 Å². The Morgan fingerprint density at radius 3 is 2.80 bits per heavy atom. The molecule has 1 aromatic rings. The number of hydrogen-bond acceptors (Lipinski definition) is 2. The lowest BCUT2D eigenvalue weighted by Crippen LogP contribution is -2.39. The van der Waals surface area contributed by atoms with E-state index in [1.54, 1.807) is 0 Å². The normalized spacial score (nSPS) is 22.9. The number of halogens is 1. The van der Waals surface area contributed by atoms with Gasteiger partial charge >= 0.3 is 0 Å². The summed E-state index contributed by atoms with van der Waals surface area (Å²) in [6.07, 6.45) is 0. The summed E-state index contributed by atoms with van der Waals surface area (Å²) in [5, 5.41) is 0. The monoisotopic (exact) mass is 285 g/mol. The van der Waals surface area contributed by atoms with Gasteiger partial charge in [0.05, 0.1) is 0 Å². The first kappa shape index (κ1) is 11.5. The summed E-state index contributed by atoms with van der Waals surface area (Å²) in [6, 6.07) is 9.38. The van der Waals surface area contributed by atoms with Gasteiger partial charge in [0, 0.05) is 35.1 Å². The van der Waals surface area contributed by atoms with Gasteiger partial charge < -0.3 is 0 Å². The fourth-order valence-electron chi connectivity index (χ4n) is 1.82. The Balaban J connectivity index is 1.98. The highest BCUT2D eigenvalue weighted by Crippen LogP contribution is 2.19. The molecule has 1 aliphatic heterocycles. The fourth-order valence-corrected chi connectivity index (χ4v) is 3.17. The van der Waals surface area contributed by atoms with Crippen molar-refractivity contribution in [3.05, 3.63) is 34.3 Å². The molecule has 1 aromatic carbocycles. The first-order valence-corrected chi connectivity index (χ1v) is 7.27. The lowest BCUT2D eigenvalue weighted by Gasteiger charge is -2.32. The third-order valence-corrected chi connectivity index (χ3v) is 4.52. The molecular weight excluding hydrogens is 270 g/mol. The zero-order valence-electron chi connectivity index (χ0n) is 8.95. The van der Waals surface area contributed by atoms with Crippen LogP contribution in [0.1, 0.15) is 12.5 Å². The maximum absolute atomic E-state index is 3.47. The van der Waals surface area contributed by atoms with Crippen LogP contribution in [0, 0.1) is 0 Å². The van der Waals surface area contributed by atoms with Gasteiger partial charge in [-0.2, -0.15) is 11.8 Å². The standard InChI is InChI=1S/C12H16BrNS/c1-10-9-15-7-6-14(10)8-11-2-4-12(13)5-3-11/h2-5,10H,6-9H2,1H3. The van der Waals surface area contributed by atoms with Gasteiger partial charge in [0.25, 0.3) is 0 Å². The molecule has 0 aliphatic carbocycles. The molecular formula is C12H16BrNS. The van der Waals surface area contributed by atoms with Crippen LogP contribution in [0.5, 0.6) is 0 Å². The number of rotatable bonds is 2. The van der Waals surface area contributed by atoms with Gasteiger partial charge in [0.2, 0.25) is 0 Å². The largest absolute Gasteiger partial charge is 0.295 e. The smallest absolute Gasteiger partial charge is 0.0237 e. The Hall–Kier alpha value is 0.01000. The maximum atomic E-state index is 3.47. The van der Waals surface area contributed by atoms with Gasteiger partial charge in [-0.25, -0.2) is 0 Å². The highest BCUT2D eigenvalue weighted by atomic mass is 79.9. The first-order valence-electron chi connectivity index (χ1n) is 5.32. The van der Waals surface area contributed by atoms with Gasteiger partial charge in [0.1, 0.15) is 0 Å². The van der Waals surface area contributed by atoms with Crippen molar-refractivity contribution in [3.8, 4) is 0 Å². The highest BCUT2D eigenvalue weighted by molar-refractivity contribution is 9.10. The molecule has 3 heteroatoms. The minimum atomic E-state index is 0.715. The molecule has 1 atom stereocenters. The second kappa shape index (κ2) is 5.37. The summed E-state index contributed by atoms with van der Waals surface area (Å²) in [5.74, 6) is 2.55. The fraction of sp³-hybridized carbons (Fsp3) is 0.500. The molecule has 1 saturated heterocycles. The number of nitrogens with zero attached hydrogens (tertiary/aromatic N) is 1. The number of thioether (sulfide) groups is 1. The average molecular weight is 286 g/mol. The SMILES string of the molecule is CC1CSCCN1Cc1ccc(Br)cc1. The van der Waals surface area contributed by atoms with E-state index in [9.17, 15) is 0 Å². The third kappa shape index (κ3) is 3.23. The van der Waals surface area contributed by atoms with E-state index in [4.69, 9.17) is 0 Å². The second-order valence-electron chi connectivity index (χ2n) is 4.02. The Bertz CT molecular complexity index is 312. The first-order chi connectivity index (χ1) is 7.25. The molecule has 0 N–H and O–H groups in total. The zero-order chi connectivity index (χ0) is 10.7. The molecule has 2 rings (SSSR count). The zero-order valence-corrected chi connectivity index (χ0v) is 11.4. The summed E-state index contributed by atoms with van der Waals surface area (Å²) in [7, 11) is 0. The van der Waals surface area contributed by atoms with Crippen molar-refractivity contribution in [2.24, 2.45) is 0 Å². The van der Waals surface area contributed by atoms with Crippen LogP contribution in [0.4, 0.5) is 0 Å². The van der Waals surface area contributed by atoms with E-state index in [1.807, 2.05) is 0 Å². The molecule has 0 spiro atoms. The van der Waals surface area contributed by atoms with Crippen LogP contribution < -0.4 is 0 Å². The van der Waals surface area contributed by atoms with E-state index < -0.39 is 0 Å². The third-order valence-electron chi connectivity index (χ3n) is 2.80. The molecule has 0 radical (unpaired) electrons. The quantitative estimate of drug-likeness (QED) is 0.820.